The summed E-state index contributed by atoms with van der Waals surface area (Å²) in [6, 6.07) is 2.70. The minimum absolute atomic E-state index is 0.00305. The molecule has 3 N–H and O–H groups in total. The highest BCUT2D eigenvalue weighted by molar-refractivity contribution is 6.13. The number of aryl methyl sites for hydroxylation is 1. The molecule has 3 rings (SSSR count). The number of carbonyl (C=O) groups is 2. The van der Waals surface area contributed by atoms with E-state index in [-0.39, 0.29) is 34.6 Å². The maximum Gasteiger partial charge on any atom is 0.224 e. The van der Waals surface area contributed by atoms with E-state index < -0.39 is 11.6 Å². The number of ether oxygens (including phenoxy) is 1. The van der Waals surface area contributed by atoms with Gasteiger partial charge in [0.2, 0.25) is 17.6 Å². The van der Waals surface area contributed by atoms with Gasteiger partial charge in [-0.2, -0.15) is 4.98 Å². The van der Waals surface area contributed by atoms with Crippen LogP contribution in [0.5, 0.6) is 5.75 Å². The molecular weight excluding hydrogens is 377 g/mol. The standard InChI is InChI=1S/C20H24FN5O3/c1-11-8-17(29-3)14(9-16(11)21)18(28)15-10-23-20(25-19(15)22)24-13-4-6-26(7-5-13)12(2)27/h8-10,13H,4-7H2,1-3H3,(H3,22,23,24,25). The number of amides is 1. The number of nitrogens with zero attached hydrogens (tertiary/aromatic N) is 3. The number of aromatic nitrogens is 2. The van der Waals surface area contributed by atoms with Gasteiger partial charge < -0.3 is 20.7 Å². The van der Waals surface area contributed by atoms with Gasteiger partial charge in [0.25, 0.3) is 0 Å². The van der Waals surface area contributed by atoms with Crippen LogP contribution in [0.4, 0.5) is 16.2 Å². The second-order valence-corrected chi connectivity index (χ2v) is 7.05. The molecule has 154 valence electrons. The van der Waals surface area contributed by atoms with Gasteiger partial charge in [-0.15, -0.1) is 0 Å². The van der Waals surface area contributed by atoms with Crippen molar-refractivity contribution in [1.29, 1.82) is 0 Å². The monoisotopic (exact) mass is 401 g/mol. The fourth-order valence-corrected chi connectivity index (χ4v) is 3.31. The maximum absolute atomic E-state index is 14.0. The molecule has 1 amide bonds. The molecule has 29 heavy (non-hydrogen) atoms. The van der Waals surface area contributed by atoms with Crippen molar-refractivity contribution < 1.29 is 18.7 Å². The number of ketones is 1. The Kier molecular flexibility index (Phi) is 5.95. The minimum Gasteiger partial charge on any atom is -0.496 e. The molecule has 2 heterocycles. The quantitative estimate of drug-likeness (QED) is 0.739. The van der Waals surface area contributed by atoms with Crippen LogP contribution in [0.2, 0.25) is 0 Å². The fraction of sp³-hybridized carbons (Fsp3) is 0.400. The predicted molar refractivity (Wildman–Crippen MR) is 106 cm³/mol. The third kappa shape index (κ3) is 4.44. The van der Waals surface area contributed by atoms with Crippen molar-refractivity contribution in [2.45, 2.75) is 32.7 Å². The molecule has 1 aromatic heterocycles. The average Bonchev–Trinajstić information content (AvgIpc) is 2.69. The average molecular weight is 401 g/mol. The molecule has 1 fully saturated rings. The number of carbonyl (C=O) groups excluding carboxylic acids is 2. The molecule has 0 radical (unpaired) electrons. The molecule has 1 aliphatic heterocycles. The number of nitrogens with one attached hydrogen (secondary N) is 1. The van der Waals surface area contributed by atoms with Crippen LogP contribution >= 0.6 is 0 Å². The Hall–Kier alpha value is -3.23. The summed E-state index contributed by atoms with van der Waals surface area (Å²) < 4.78 is 19.2. The Morgan fingerprint density at radius 1 is 1.28 bits per heavy atom. The summed E-state index contributed by atoms with van der Waals surface area (Å²) in [5, 5.41) is 3.19. The summed E-state index contributed by atoms with van der Waals surface area (Å²) in [6.07, 6.45) is 2.86. The Bertz CT molecular complexity index is 942. The Labute approximate surface area is 168 Å². The Balaban J connectivity index is 1.76. The van der Waals surface area contributed by atoms with Gasteiger partial charge >= 0.3 is 0 Å². The molecular formula is C20H24FN5O3. The molecule has 8 nitrogen and oxygen atoms in total. The van der Waals surface area contributed by atoms with Crippen molar-refractivity contribution in [1.82, 2.24) is 14.9 Å². The Morgan fingerprint density at radius 3 is 2.55 bits per heavy atom. The van der Waals surface area contributed by atoms with Crippen LogP contribution in [-0.2, 0) is 4.79 Å². The minimum atomic E-state index is -0.514. The van der Waals surface area contributed by atoms with E-state index >= 15 is 0 Å². The Morgan fingerprint density at radius 2 is 1.97 bits per heavy atom. The summed E-state index contributed by atoms with van der Waals surface area (Å²) in [5.74, 6) is -0.398. The number of rotatable bonds is 5. The zero-order chi connectivity index (χ0) is 21.1. The molecule has 1 aromatic carbocycles. The van der Waals surface area contributed by atoms with Crippen LogP contribution in [0.3, 0.4) is 0 Å². The maximum atomic E-state index is 14.0. The van der Waals surface area contributed by atoms with Crippen molar-refractivity contribution in [3.63, 3.8) is 0 Å². The normalized spacial score (nSPS) is 14.6. The lowest BCUT2D eigenvalue weighted by molar-refractivity contribution is -0.129. The summed E-state index contributed by atoms with van der Waals surface area (Å²) in [5.41, 5.74) is 6.49. The first-order valence-electron chi connectivity index (χ1n) is 9.33. The number of benzene rings is 1. The number of nitrogens with two attached hydrogens (primary N) is 1. The van der Waals surface area contributed by atoms with Gasteiger partial charge in [0.1, 0.15) is 17.4 Å². The fourth-order valence-electron chi connectivity index (χ4n) is 3.31. The number of halogens is 1. The van der Waals surface area contributed by atoms with Gasteiger partial charge in [-0.05, 0) is 37.5 Å². The molecule has 2 aromatic rings. The molecule has 0 saturated carbocycles. The van der Waals surface area contributed by atoms with Crippen LogP contribution < -0.4 is 15.8 Å². The number of hydrogen-bond acceptors (Lipinski definition) is 7. The van der Waals surface area contributed by atoms with E-state index in [4.69, 9.17) is 10.5 Å². The van der Waals surface area contributed by atoms with Gasteiger partial charge in [0.15, 0.2) is 0 Å². The highest BCUT2D eigenvalue weighted by Crippen LogP contribution is 2.27. The van der Waals surface area contributed by atoms with Gasteiger partial charge in [-0.3, -0.25) is 9.59 Å². The molecule has 1 aliphatic rings. The van der Waals surface area contributed by atoms with E-state index in [1.165, 1.54) is 19.4 Å². The highest BCUT2D eigenvalue weighted by atomic mass is 19.1. The second kappa shape index (κ2) is 8.42. The van der Waals surface area contributed by atoms with Crippen LogP contribution in [0.1, 0.15) is 41.3 Å². The molecule has 0 spiro atoms. The third-order valence-electron chi connectivity index (χ3n) is 5.06. The molecule has 0 atom stereocenters. The van der Waals surface area contributed by atoms with Crippen LogP contribution in [0.15, 0.2) is 18.3 Å². The molecule has 0 unspecified atom stereocenters. The summed E-state index contributed by atoms with van der Waals surface area (Å²) >= 11 is 0. The van der Waals surface area contributed by atoms with Gasteiger partial charge in [-0.25, -0.2) is 9.37 Å². The van der Waals surface area contributed by atoms with Gasteiger partial charge in [-0.1, -0.05) is 0 Å². The highest BCUT2D eigenvalue weighted by Gasteiger charge is 2.23. The lowest BCUT2D eigenvalue weighted by Crippen LogP contribution is -2.41. The van der Waals surface area contributed by atoms with Crippen molar-refractivity contribution in [2.75, 3.05) is 31.2 Å². The zero-order valence-electron chi connectivity index (χ0n) is 16.7. The van der Waals surface area contributed by atoms with Crippen molar-refractivity contribution >= 4 is 23.5 Å². The van der Waals surface area contributed by atoms with Crippen LogP contribution in [0, 0.1) is 12.7 Å². The van der Waals surface area contributed by atoms with E-state index in [0.29, 0.717) is 24.6 Å². The number of likely N-dealkylation sites (tertiary alicyclic amines) is 1. The lowest BCUT2D eigenvalue weighted by Gasteiger charge is -2.31. The van der Waals surface area contributed by atoms with Crippen LogP contribution in [-0.4, -0.2) is 52.8 Å². The largest absolute Gasteiger partial charge is 0.496 e. The molecule has 1 saturated heterocycles. The van der Waals surface area contributed by atoms with Crippen molar-refractivity contribution in [2.24, 2.45) is 0 Å². The first-order chi connectivity index (χ1) is 13.8. The summed E-state index contributed by atoms with van der Waals surface area (Å²) in [4.78, 5) is 34.4. The lowest BCUT2D eigenvalue weighted by atomic mass is 10.0. The zero-order valence-corrected chi connectivity index (χ0v) is 16.7. The van der Waals surface area contributed by atoms with E-state index in [0.717, 1.165) is 18.9 Å². The van der Waals surface area contributed by atoms with E-state index in [2.05, 4.69) is 15.3 Å². The summed E-state index contributed by atoms with van der Waals surface area (Å²) in [6.45, 7) is 4.48. The van der Waals surface area contributed by atoms with Gasteiger partial charge in [0, 0.05) is 32.3 Å². The first kappa shape index (κ1) is 20.5. The number of piperidine rings is 1. The summed E-state index contributed by atoms with van der Waals surface area (Å²) in [7, 11) is 1.41. The van der Waals surface area contributed by atoms with Crippen molar-refractivity contribution in [3.8, 4) is 5.75 Å². The predicted octanol–water partition coefficient (Wildman–Crippen LogP) is 2.17. The van der Waals surface area contributed by atoms with Gasteiger partial charge in [0.05, 0.1) is 18.2 Å². The second-order valence-electron chi connectivity index (χ2n) is 7.05. The smallest absolute Gasteiger partial charge is 0.224 e. The van der Waals surface area contributed by atoms with E-state index in [9.17, 15) is 14.0 Å². The van der Waals surface area contributed by atoms with E-state index in [1.54, 1.807) is 18.7 Å². The third-order valence-corrected chi connectivity index (χ3v) is 5.06. The molecule has 0 bridgehead atoms. The van der Waals surface area contributed by atoms with Crippen LogP contribution in [0.25, 0.3) is 0 Å². The number of nitrogen functional groups attached to an aromatic ring is 1. The number of hydrogen-bond donors (Lipinski definition) is 2. The SMILES string of the molecule is COc1cc(C)c(F)cc1C(=O)c1cnc(NC2CCN(C(C)=O)CC2)nc1N. The first-order valence-corrected chi connectivity index (χ1v) is 9.33. The molecule has 9 heteroatoms. The number of anilines is 2. The van der Waals surface area contributed by atoms with E-state index in [1.807, 2.05) is 0 Å². The molecule has 0 aliphatic carbocycles. The van der Waals surface area contributed by atoms with Crippen molar-refractivity contribution in [3.05, 3.63) is 40.8 Å². The topological polar surface area (TPSA) is 110 Å². The number of methoxy groups -OCH3 is 1.